The number of hydrogen-bond donors (Lipinski definition) is 2. The third kappa shape index (κ3) is 9.05. The molecule has 4 aliphatic carbocycles. The molecule has 0 amide bonds. The SMILES string of the molecule is C/C(=C\C[C@@H](C)[C@H]1CC[C@H]2[C@@H]3C[C@H](OS(=O)(=O)[O-])[C@H]4C[C@H](OS(=O)(=O)O)[C@@H](OS(=O)(=O)O)C[C@]4(C)[C@H]3CC[C@]12C)C(C)(C)C(C)C.[Na+]. The van der Waals surface area contributed by atoms with Crippen molar-refractivity contribution in [2.75, 3.05) is 0 Å². The van der Waals surface area contributed by atoms with Gasteiger partial charge in [0.15, 0.2) is 0 Å². The standard InChI is InChI=1S/C31H54O12S3.Na/c1-18(2)29(5,6)20(4)10-9-19(3)22-11-12-23-21-15-26(41-44(32,33)34)25-16-27(42-45(35,36)37)28(43-46(38,39)40)17-31(25,8)24(21)13-14-30(22,23)7;/h10,18-19,21-28H,9,11-17H2,1-8H3,(H,32,33,34)(H,35,36,37)(H,38,39,40);/q;+1/p-1/b20-10+;/t19-,21+,22-,23+,24+,25-,26+,27+,28+,30-,31-;/m1./s1. The molecule has 0 aromatic heterocycles. The molecular weight excluding hydrogens is 684 g/mol. The van der Waals surface area contributed by atoms with Crippen LogP contribution in [0.25, 0.3) is 0 Å². The smallest absolute Gasteiger partial charge is 0.726 e. The minimum Gasteiger partial charge on any atom is -0.726 e. The van der Waals surface area contributed by atoms with Crippen LogP contribution in [0.15, 0.2) is 11.6 Å². The molecule has 0 bridgehead atoms. The van der Waals surface area contributed by atoms with E-state index < -0.39 is 60.8 Å². The summed E-state index contributed by atoms with van der Waals surface area (Å²) in [6.45, 7) is 17.7. The minimum absolute atomic E-state index is 0. The third-order valence-corrected chi connectivity index (χ3v) is 14.8. The van der Waals surface area contributed by atoms with Crippen LogP contribution in [0.5, 0.6) is 0 Å². The van der Waals surface area contributed by atoms with Gasteiger partial charge in [-0.15, -0.1) is 0 Å². The van der Waals surface area contributed by atoms with E-state index in [1.54, 1.807) is 0 Å². The fourth-order valence-electron chi connectivity index (χ4n) is 10.2. The minimum atomic E-state index is -5.16. The zero-order chi connectivity index (χ0) is 34.8. The molecule has 0 aromatic rings. The van der Waals surface area contributed by atoms with Crippen molar-refractivity contribution in [3.63, 3.8) is 0 Å². The van der Waals surface area contributed by atoms with Crippen LogP contribution in [0.3, 0.4) is 0 Å². The van der Waals surface area contributed by atoms with E-state index in [0.717, 1.165) is 32.1 Å². The van der Waals surface area contributed by atoms with Gasteiger partial charge in [-0.25, -0.2) is 16.8 Å². The average molecular weight is 737 g/mol. The summed E-state index contributed by atoms with van der Waals surface area (Å²) in [5.41, 5.74) is 0.557. The Morgan fingerprint density at radius 3 is 1.94 bits per heavy atom. The van der Waals surface area contributed by atoms with E-state index in [2.05, 4.69) is 54.5 Å². The summed E-state index contributed by atoms with van der Waals surface area (Å²) in [5, 5.41) is 0. The van der Waals surface area contributed by atoms with Gasteiger partial charge >= 0.3 is 50.4 Å². The first-order chi connectivity index (χ1) is 20.8. The van der Waals surface area contributed by atoms with Crippen molar-refractivity contribution in [2.24, 2.45) is 57.7 Å². The van der Waals surface area contributed by atoms with E-state index in [0.29, 0.717) is 17.8 Å². The summed E-state index contributed by atoms with van der Waals surface area (Å²) < 4.78 is 117. The maximum Gasteiger partial charge on any atom is 1.00 e. The molecule has 4 aliphatic rings. The van der Waals surface area contributed by atoms with Gasteiger partial charge in [-0.1, -0.05) is 60.1 Å². The Labute approximate surface area is 304 Å². The predicted molar refractivity (Wildman–Crippen MR) is 170 cm³/mol. The molecular formula is C31H53NaO12S3. The van der Waals surface area contributed by atoms with Crippen molar-refractivity contribution in [1.82, 2.24) is 0 Å². The van der Waals surface area contributed by atoms with E-state index in [9.17, 15) is 38.9 Å². The molecule has 268 valence electrons. The largest absolute Gasteiger partial charge is 1.00 e. The molecule has 4 saturated carbocycles. The molecule has 2 N–H and O–H groups in total. The van der Waals surface area contributed by atoms with Gasteiger partial charge in [0.2, 0.25) is 10.4 Å². The summed E-state index contributed by atoms with van der Waals surface area (Å²) in [4.78, 5) is 0. The van der Waals surface area contributed by atoms with Gasteiger partial charge in [-0.3, -0.25) is 13.3 Å². The second-order valence-corrected chi connectivity index (χ2v) is 19.1. The van der Waals surface area contributed by atoms with Gasteiger partial charge in [0.1, 0.15) is 12.2 Å². The molecule has 12 nitrogen and oxygen atoms in total. The van der Waals surface area contributed by atoms with Gasteiger partial charge in [0.25, 0.3) is 0 Å². The first-order valence-corrected chi connectivity index (χ1v) is 20.5. The fourth-order valence-corrected chi connectivity index (χ4v) is 11.8. The third-order valence-electron chi connectivity index (χ3n) is 13.4. The second kappa shape index (κ2) is 14.4. The van der Waals surface area contributed by atoms with Crippen LogP contribution in [0.1, 0.15) is 107 Å². The summed E-state index contributed by atoms with van der Waals surface area (Å²) >= 11 is 0. The Bertz CT molecular complexity index is 1490. The summed E-state index contributed by atoms with van der Waals surface area (Å²) in [5.74, 6) is 0.700. The zero-order valence-electron chi connectivity index (χ0n) is 29.2. The summed E-state index contributed by atoms with van der Waals surface area (Å²) in [6.07, 6.45) is 2.59. The number of hydrogen-bond acceptors (Lipinski definition) is 10. The molecule has 0 aromatic carbocycles. The Hall–Kier alpha value is 0.350. The normalized spacial score (nSPS) is 39.0. The van der Waals surface area contributed by atoms with Crippen molar-refractivity contribution in [1.29, 1.82) is 0 Å². The van der Waals surface area contributed by atoms with Crippen LogP contribution in [0.4, 0.5) is 0 Å². The van der Waals surface area contributed by atoms with Gasteiger partial charge in [0, 0.05) is 0 Å². The molecule has 0 heterocycles. The van der Waals surface area contributed by atoms with E-state index in [1.807, 2.05) is 6.92 Å². The molecule has 4 rings (SSSR count). The van der Waals surface area contributed by atoms with Crippen molar-refractivity contribution in [3.05, 3.63) is 11.6 Å². The summed E-state index contributed by atoms with van der Waals surface area (Å²) in [6, 6.07) is 0. The Morgan fingerprint density at radius 2 is 1.40 bits per heavy atom. The molecule has 0 unspecified atom stereocenters. The van der Waals surface area contributed by atoms with Gasteiger partial charge < -0.3 is 4.55 Å². The molecule has 0 saturated heterocycles. The first-order valence-electron chi connectivity index (χ1n) is 16.4. The van der Waals surface area contributed by atoms with E-state index in [4.69, 9.17) is 12.5 Å². The maximum absolute atomic E-state index is 12.0. The Morgan fingerprint density at radius 1 is 0.851 bits per heavy atom. The van der Waals surface area contributed by atoms with Crippen LogP contribution in [0, 0.1) is 57.7 Å². The topological polar surface area (TPSA) is 194 Å². The van der Waals surface area contributed by atoms with Gasteiger partial charge in [-0.05, 0) is 116 Å². The quantitative estimate of drug-likeness (QED) is 0.137. The Kier molecular flexibility index (Phi) is 12.8. The molecule has 11 atom stereocenters. The van der Waals surface area contributed by atoms with Crippen LogP contribution in [-0.4, -0.2) is 57.2 Å². The van der Waals surface area contributed by atoms with Crippen molar-refractivity contribution in [3.8, 4) is 0 Å². The molecule has 4 fully saturated rings. The summed E-state index contributed by atoms with van der Waals surface area (Å²) in [7, 11) is -15.3. The van der Waals surface area contributed by atoms with Crippen LogP contribution in [-0.2, 0) is 43.7 Å². The average Bonchev–Trinajstić information content (AvgIpc) is 3.22. The monoisotopic (exact) mass is 736 g/mol. The second-order valence-electron chi connectivity index (χ2n) is 16.0. The van der Waals surface area contributed by atoms with Crippen LogP contribution < -0.4 is 29.6 Å². The van der Waals surface area contributed by atoms with Crippen molar-refractivity contribution < 1.29 is 81.0 Å². The van der Waals surface area contributed by atoms with E-state index in [1.165, 1.54) is 5.57 Å². The molecule has 0 spiro atoms. The molecule has 0 radical (unpaired) electrons. The molecule has 47 heavy (non-hydrogen) atoms. The zero-order valence-corrected chi connectivity index (χ0v) is 33.7. The van der Waals surface area contributed by atoms with Crippen molar-refractivity contribution >= 4 is 31.2 Å². The van der Waals surface area contributed by atoms with E-state index >= 15 is 0 Å². The first kappa shape index (κ1) is 41.8. The molecule has 0 aliphatic heterocycles. The number of fused-ring (bicyclic) bond motifs is 5. The van der Waals surface area contributed by atoms with Crippen LogP contribution >= 0.6 is 0 Å². The van der Waals surface area contributed by atoms with E-state index in [-0.39, 0.29) is 77.4 Å². The Balaban J connectivity index is 0.00000600. The number of rotatable bonds is 11. The van der Waals surface area contributed by atoms with Crippen molar-refractivity contribution in [2.45, 2.75) is 125 Å². The fraction of sp³-hybridized carbons (Fsp3) is 0.935. The maximum atomic E-state index is 12.0. The van der Waals surface area contributed by atoms with Crippen LogP contribution in [0.2, 0.25) is 0 Å². The number of allylic oxidation sites excluding steroid dienone is 2. The molecule has 16 heteroatoms. The predicted octanol–water partition coefficient (Wildman–Crippen LogP) is 2.75. The van der Waals surface area contributed by atoms with Gasteiger partial charge in [0.05, 0.1) is 6.10 Å². The van der Waals surface area contributed by atoms with Gasteiger partial charge in [-0.2, -0.15) is 16.8 Å².